The van der Waals surface area contributed by atoms with E-state index in [4.69, 9.17) is 4.74 Å². The van der Waals surface area contributed by atoms with Crippen LogP contribution in [0.5, 0.6) is 11.5 Å². The van der Waals surface area contributed by atoms with Crippen molar-refractivity contribution < 1.29 is 27.8 Å². The number of anilines is 1. The Hall–Kier alpha value is -3.42. The lowest BCUT2D eigenvalue weighted by molar-refractivity contribution is -0.116. The van der Waals surface area contributed by atoms with Crippen molar-refractivity contribution in [1.82, 2.24) is 4.90 Å². The zero-order valence-electron chi connectivity index (χ0n) is 14.4. The lowest BCUT2D eigenvalue weighted by atomic mass is 10.1. The van der Waals surface area contributed by atoms with Gasteiger partial charge in [0.2, 0.25) is 5.91 Å². The summed E-state index contributed by atoms with van der Waals surface area (Å²) in [6.07, 6.45) is 0. The van der Waals surface area contributed by atoms with Crippen molar-refractivity contribution in [3.63, 3.8) is 0 Å². The lowest BCUT2D eigenvalue weighted by Gasteiger charge is -2.17. The Morgan fingerprint density at radius 1 is 1.19 bits per heavy atom. The van der Waals surface area contributed by atoms with E-state index >= 15 is 0 Å². The Balaban J connectivity index is 1.72. The summed E-state index contributed by atoms with van der Waals surface area (Å²) >= 11 is 0. The number of alkyl halides is 2. The predicted octanol–water partition coefficient (Wildman–Crippen LogP) is 3.36. The summed E-state index contributed by atoms with van der Waals surface area (Å²) in [5, 5.41) is 2.55. The SMILES string of the molecule is C=C1c2ccccc2C(=O)N1CC(=O)Nc1ccc(OC)c(OC(F)F)c1. The molecule has 27 heavy (non-hydrogen) atoms. The van der Waals surface area contributed by atoms with Gasteiger partial charge in [0.25, 0.3) is 5.91 Å². The van der Waals surface area contributed by atoms with Crippen LogP contribution in [-0.2, 0) is 4.79 Å². The van der Waals surface area contributed by atoms with Gasteiger partial charge in [-0.05, 0) is 18.2 Å². The molecule has 0 saturated heterocycles. The first-order chi connectivity index (χ1) is 12.9. The molecule has 2 aromatic carbocycles. The first-order valence-electron chi connectivity index (χ1n) is 7.93. The molecule has 0 spiro atoms. The monoisotopic (exact) mass is 374 g/mol. The molecule has 1 aliphatic heterocycles. The highest BCUT2D eigenvalue weighted by molar-refractivity contribution is 6.11. The highest BCUT2D eigenvalue weighted by Gasteiger charge is 2.31. The summed E-state index contributed by atoms with van der Waals surface area (Å²) in [5.74, 6) is -0.932. The van der Waals surface area contributed by atoms with Gasteiger partial charge in [-0.1, -0.05) is 24.8 Å². The zero-order chi connectivity index (χ0) is 19.6. The van der Waals surface area contributed by atoms with E-state index in [1.807, 2.05) is 0 Å². The first-order valence-corrected chi connectivity index (χ1v) is 7.93. The van der Waals surface area contributed by atoms with E-state index in [2.05, 4.69) is 16.6 Å². The number of hydrogen-bond donors (Lipinski definition) is 1. The summed E-state index contributed by atoms with van der Waals surface area (Å²) < 4.78 is 34.3. The van der Waals surface area contributed by atoms with Gasteiger partial charge < -0.3 is 14.8 Å². The van der Waals surface area contributed by atoms with Crippen LogP contribution in [0.25, 0.3) is 5.70 Å². The fourth-order valence-corrected chi connectivity index (χ4v) is 2.79. The number of halogens is 2. The maximum absolute atomic E-state index is 12.5. The van der Waals surface area contributed by atoms with Gasteiger partial charge in [0.05, 0.1) is 7.11 Å². The third kappa shape index (κ3) is 3.74. The molecule has 0 bridgehead atoms. The van der Waals surface area contributed by atoms with Crippen LogP contribution in [0.1, 0.15) is 15.9 Å². The van der Waals surface area contributed by atoms with Crippen LogP contribution in [0.2, 0.25) is 0 Å². The standard InChI is InChI=1S/C19H16F2N2O4/c1-11-13-5-3-4-6-14(13)18(25)23(11)10-17(24)22-12-7-8-15(26-2)16(9-12)27-19(20)21/h3-9,19H,1,10H2,2H3,(H,22,24). The van der Waals surface area contributed by atoms with Gasteiger partial charge in [0.15, 0.2) is 11.5 Å². The van der Waals surface area contributed by atoms with Crippen LogP contribution >= 0.6 is 0 Å². The molecular formula is C19H16F2N2O4. The maximum Gasteiger partial charge on any atom is 0.387 e. The van der Waals surface area contributed by atoms with Crippen molar-refractivity contribution in [3.05, 3.63) is 60.2 Å². The molecule has 3 rings (SSSR count). The number of carbonyl (C=O) groups is 2. The molecule has 8 heteroatoms. The number of fused-ring (bicyclic) bond motifs is 1. The van der Waals surface area contributed by atoms with Gasteiger partial charge in [-0.15, -0.1) is 0 Å². The summed E-state index contributed by atoms with van der Waals surface area (Å²) in [5.41, 5.74) is 1.81. The second-order valence-electron chi connectivity index (χ2n) is 5.68. The molecule has 6 nitrogen and oxygen atoms in total. The summed E-state index contributed by atoms with van der Waals surface area (Å²) in [7, 11) is 1.31. The number of amides is 2. The predicted molar refractivity (Wildman–Crippen MR) is 94.8 cm³/mol. The Morgan fingerprint density at radius 2 is 1.89 bits per heavy atom. The average molecular weight is 374 g/mol. The maximum atomic E-state index is 12.5. The van der Waals surface area contributed by atoms with Crippen LogP contribution in [0.3, 0.4) is 0 Å². The third-order valence-corrected chi connectivity index (χ3v) is 4.00. The quantitative estimate of drug-likeness (QED) is 0.842. The van der Waals surface area contributed by atoms with Crippen LogP contribution in [0, 0.1) is 0 Å². The minimum Gasteiger partial charge on any atom is -0.493 e. The number of hydrogen-bond acceptors (Lipinski definition) is 4. The molecule has 0 fully saturated rings. The van der Waals surface area contributed by atoms with Gasteiger partial charge in [0, 0.05) is 28.6 Å². The average Bonchev–Trinajstić information content (AvgIpc) is 2.87. The van der Waals surface area contributed by atoms with Crippen molar-refractivity contribution in [3.8, 4) is 11.5 Å². The van der Waals surface area contributed by atoms with Crippen LogP contribution in [0.15, 0.2) is 49.0 Å². The van der Waals surface area contributed by atoms with E-state index in [1.165, 1.54) is 30.2 Å². The van der Waals surface area contributed by atoms with Crippen LogP contribution < -0.4 is 14.8 Å². The van der Waals surface area contributed by atoms with E-state index in [9.17, 15) is 18.4 Å². The van der Waals surface area contributed by atoms with Crippen molar-refractivity contribution in [2.45, 2.75) is 6.61 Å². The van der Waals surface area contributed by atoms with Crippen LogP contribution in [-0.4, -0.2) is 37.0 Å². The van der Waals surface area contributed by atoms with E-state index in [0.717, 1.165) is 0 Å². The molecule has 0 aromatic heterocycles. The Kier molecular flexibility index (Phi) is 5.07. The fraction of sp³-hybridized carbons (Fsp3) is 0.158. The molecule has 1 N–H and O–H groups in total. The molecule has 1 heterocycles. The molecular weight excluding hydrogens is 358 g/mol. The number of nitrogens with zero attached hydrogens (tertiary/aromatic N) is 1. The number of carbonyl (C=O) groups excluding carboxylic acids is 2. The highest BCUT2D eigenvalue weighted by atomic mass is 19.3. The minimum atomic E-state index is -3.03. The number of rotatable bonds is 6. The highest BCUT2D eigenvalue weighted by Crippen LogP contribution is 2.32. The van der Waals surface area contributed by atoms with Crippen molar-refractivity contribution in [1.29, 1.82) is 0 Å². The van der Waals surface area contributed by atoms with Gasteiger partial charge in [-0.3, -0.25) is 14.5 Å². The molecule has 0 saturated carbocycles. The number of ether oxygens (including phenoxy) is 2. The topological polar surface area (TPSA) is 67.9 Å². The van der Waals surface area contributed by atoms with Gasteiger partial charge in [-0.2, -0.15) is 8.78 Å². The number of methoxy groups -OCH3 is 1. The van der Waals surface area contributed by atoms with Gasteiger partial charge >= 0.3 is 6.61 Å². The smallest absolute Gasteiger partial charge is 0.387 e. The summed E-state index contributed by atoms with van der Waals surface area (Å²) in [6, 6.07) is 11.0. The largest absolute Gasteiger partial charge is 0.493 e. The van der Waals surface area contributed by atoms with E-state index in [1.54, 1.807) is 24.3 Å². The number of benzene rings is 2. The van der Waals surface area contributed by atoms with Crippen molar-refractivity contribution in [2.75, 3.05) is 19.0 Å². The summed E-state index contributed by atoms with van der Waals surface area (Å²) in [6.45, 7) is 0.568. The second kappa shape index (κ2) is 7.45. The Morgan fingerprint density at radius 3 is 2.52 bits per heavy atom. The third-order valence-electron chi connectivity index (χ3n) is 4.00. The van der Waals surface area contributed by atoms with Crippen molar-refractivity contribution in [2.24, 2.45) is 0 Å². The van der Waals surface area contributed by atoms with E-state index in [-0.39, 0.29) is 29.6 Å². The molecule has 1 aliphatic rings. The first kappa shape index (κ1) is 18.4. The summed E-state index contributed by atoms with van der Waals surface area (Å²) in [4.78, 5) is 26.0. The number of nitrogens with one attached hydrogen (secondary N) is 1. The Labute approximate surface area is 154 Å². The molecule has 140 valence electrons. The molecule has 2 aromatic rings. The normalized spacial score (nSPS) is 13.0. The second-order valence-corrected chi connectivity index (χ2v) is 5.68. The molecule has 2 amide bonds. The molecule has 0 unspecified atom stereocenters. The minimum absolute atomic E-state index is 0.104. The van der Waals surface area contributed by atoms with Crippen LogP contribution in [0.4, 0.5) is 14.5 Å². The van der Waals surface area contributed by atoms with Gasteiger partial charge in [0.1, 0.15) is 6.54 Å². The van der Waals surface area contributed by atoms with Gasteiger partial charge in [-0.25, -0.2) is 0 Å². The molecule has 0 radical (unpaired) electrons. The zero-order valence-corrected chi connectivity index (χ0v) is 14.4. The fourth-order valence-electron chi connectivity index (χ4n) is 2.79. The molecule has 0 aliphatic carbocycles. The van der Waals surface area contributed by atoms with Crippen molar-refractivity contribution >= 4 is 23.2 Å². The van der Waals surface area contributed by atoms with E-state index < -0.39 is 12.5 Å². The Bertz CT molecular complexity index is 879. The molecule has 0 atom stereocenters. The van der Waals surface area contributed by atoms with E-state index in [0.29, 0.717) is 16.8 Å². The lowest BCUT2D eigenvalue weighted by Crippen LogP contribution is -2.32.